The van der Waals surface area contributed by atoms with Gasteiger partial charge in [0.1, 0.15) is 16.6 Å². The quantitative estimate of drug-likeness (QED) is 0.665. The Morgan fingerprint density at radius 1 is 1.17 bits per heavy atom. The van der Waals surface area contributed by atoms with Crippen LogP contribution in [-0.4, -0.2) is 15.9 Å². The fraction of sp³-hybridized carbons (Fsp3) is 0.353. The van der Waals surface area contributed by atoms with Crippen LogP contribution in [0, 0.1) is 0 Å². The monoisotopic (exact) mass is 373 g/mol. The summed E-state index contributed by atoms with van der Waals surface area (Å²) in [5.41, 5.74) is 1.89. The Labute approximate surface area is 150 Å². The molecule has 0 aliphatic carbocycles. The maximum absolute atomic E-state index is 12.3. The number of aryl methyl sites for hydroxylation is 1. The number of H-pyrrole nitrogens is 1. The largest absolute Gasteiger partial charge is 0.508 e. The Bertz CT molecular complexity index is 745. The first-order valence-corrected chi connectivity index (χ1v) is 8.32. The number of halogens is 3. The molecule has 6 heteroatoms. The molecule has 0 unspecified atom stereocenters. The van der Waals surface area contributed by atoms with Crippen molar-refractivity contribution in [3.63, 3.8) is 0 Å². The summed E-state index contributed by atoms with van der Waals surface area (Å²) in [6.45, 7) is 6.08. The summed E-state index contributed by atoms with van der Waals surface area (Å²) in [5.74, 6) is 0.104. The second-order valence-electron chi connectivity index (χ2n) is 6.47. The molecule has 1 heterocycles. The Kier molecular flexibility index (Phi) is 5.34. The molecule has 0 spiro atoms. The standard InChI is InChI=1S/C17H18Cl3NO2/c1-17(2,3)10-8-9(4-6-11(10)22)5-7-12(23)15-13(18)14(19)16(20)21-15/h4,6,8,21-22H,5,7H2,1-3H3. The van der Waals surface area contributed by atoms with Gasteiger partial charge >= 0.3 is 0 Å². The van der Waals surface area contributed by atoms with Gasteiger partial charge in [0.15, 0.2) is 5.78 Å². The summed E-state index contributed by atoms with van der Waals surface area (Å²) < 4.78 is 0. The van der Waals surface area contributed by atoms with Crippen LogP contribution in [0.4, 0.5) is 0 Å². The van der Waals surface area contributed by atoms with Gasteiger partial charge in [-0.25, -0.2) is 0 Å². The first-order valence-electron chi connectivity index (χ1n) is 7.19. The summed E-state index contributed by atoms with van der Waals surface area (Å²) in [6.07, 6.45) is 0.800. The van der Waals surface area contributed by atoms with E-state index in [1.807, 2.05) is 32.9 Å². The second-order valence-corrected chi connectivity index (χ2v) is 7.60. The zero-order valence-electron chi connectivity index (χ0n) is 13.1. The maximum Gasteiger partial charge on any atom is 0.180 e. The zero-order valence-corrected chi connectivity index (χ0v) is 15.4. The predicted octanol–water partition coefficient (Wildman–Crippen LogP) is 5.79. The molecule has 124 valence electrons. The molecule has 0 saturated heterocycles. The van der Waals surface area contributed by atoms with Gasteiger partial charge in [-0.1, -0.05) is 67.7 Å². The molecule has 2 N–H and O–H groups in total. The molecule has 0 bridgehead atoms. The van der Waals surface area contributed by atoms with Gasteiger partial charge in [0.2, 0.25) is 0 Å². The van der Waals surface area contributed by atoms with Crippen molar-refractivity contribution < 1.29 is 9.90 Å². The second kappa shape index (κ2) is 6.76. The lowest BCUT2D eigenvalue weighted by Crippen LogP contribution is -2.12. The van der Waals surface area contributed by atoms with Crippen LogP contribution in [0.1, 0.15) is 48.8 Å². The summed E-state index contributed by atoms with van der Waals surface area (Å²) in [6, 6.07) is 5.41. The van der Waals surface area contributed by atoms with Crippen LogP contribution in [0.3, 0.4) is 0 Å². The number of Topliss-reactive ketones (excluding diaryl/α,β-unsaturated/α-hetero) is 1. The van der Waals surface area contributed by atoms with Crippen molar-refractivity contribution in [3.05, 3.63) is 50.2 Å². The van der Waals surface area contributed by atoms with E-state index in [0.29, 0.717) is 6.42 Å². The molecule has 0 aliphatic heterocycles. The number of nitrogens with one attached hydrogen (secondary N) is 1. The normalized spacial score (nSPS) is 11.7. The molecule has 2 aromatic rings. The number of rotatable bonds is 4. The first kappa shape index (κ1) is 18.2. The molecular formula is C17H18Cl3NO2. The number of aromatic nitrogens is 1. The van der Waals surface area contributed by atoms with Crippen molar-refractivity contribution >= 4 is 40.6 Å². The SMILES string of the molecule is CC(C)(C)c1cc(CCC(=O)c2[nH]c(Cl)c(Cl)c2Cl)ccc1O. The van der Waals surface area contributed by atoms with Crippen LogP contribution in [0.2, 0.25) is 15.2 Å². The predicted molar refractivity (Wildman–Crippen MR) is 95.3 cm³/mol. The Hall–Kier alpha value is -1.16. The molecule has 0 fully saturated rings. The lowest BCUT2D eigenvalue weighted by atomic mass is 9.85. The lowest BCUT2D eigenvalue weighted by molar-refractivity contribution is 0.0979. The first-order chi connectivity index (χ1) is 10.6. The van der Waals surface area contributed by atoms with Gasteiger partial charge in [-0.2, -0.15) is 0 Å². The van der Waals surface area contributed by atoms with Crippen molar-refractivity contribution in [2.45, 2.75) is 39.0 Å². The molecule has 0 radical (unpaired) electrons. The van der Waals surface area contributed by atoms with Crippen LogP contribution in [-0.2, 0) is 11.8 Å². The van der Waals surface area contributed by atoms with E-state index in [4.69, 9.17) is 34.8 Å². The molecule has 0 atom stereocenters. The Morgan fingerprint density at radius 2 is 1.83 bits per heavy atom. The number of carbonyl (C=O) groups excluding carboxylic acids is 1. The minimum Gasteiger partial charge on any atom is -0.508 e. The Balaban J connectivity index is 2.15. The molecule has 3 nitrogen and oxygen atoms in total. The van der Waals surface area contributed by atoms with E-state index < -0.39 is 0 Å². The number of phenolic OH excluding ortho intramolecular Hbond substituents is 1. The molecule has 1 aromatic carbocycles. The van der Waals surface area contributed by atoms with Crippen molar-refractivity contribution in [1.29, 1.82) is 0 Å². The lowest BCUT2D eigenvalue weighted by Gasteiger charge is -2.21. The van der Waals surface area contributed by atoms with Gasteiger partial charge in [-0.3, -0.25) is 4.79 Å². The number of aromatic hydroxyl groups is 1. The zero-order chi connectivity index (χ0) is 17.4. The Morgan fingerprint density at radius 3 is 2.35 bits per heavy atom. The van der Waals surface area contributed by atoms with Crippen molar-refractivity contribution in [1.82, 2.24) is 4.98 Å². The average molecular weight is 375 g/mol. The van der Waals surface area contributed by atoms with E-state index in [-0.39, 0.29) is 44.3 Å². The number of ketones is 1. The van der Waals surface area contributed by atoms with Crippen LogP contribution in [0.5, 0.6) is 5.75 Å². The fourth-order valence-corrected chi connectivity index (χ4v) is 2.97. The van der Waals surface area contributed by atoms with Crippen molar-refractivity contribution in [2.75, 3.05) is 0 Å². The number of benzene rings is 1. The number of phenols is 1. The van der Waals surface area contributed by atoms with E-state index in [0.717, 1.165) is 11.1 Å². The van der Waals surface area contributed by atoms with Gasteiger partial charge in [0.05, 0.1) is 10.0 Å². The minimum atomic E-state index is -0.173. The number of carbonyl (C=O) groups is 1. The highest BCUT2D eigenvalue weighted by atomic mass is 35.5. The summed E-state index contributed by atoms with van der Waals surface area (Å²) in [4.78, 5) is 15.0. The van der Waals surface area contributed by atoms with Gasteiger partial charge in [-0.15, -0.1) is 0 Å². The van der Waals surface area contributed by atoms with Crippen molar-refractivity contribution in [2.24, 2.45) is 0 Å². The molecule has 0 saturated carbocycles. The van der Waals surface area contributed by atoms with Gasteiger partial charge in [0.25, 0.3) is 0 Å². The van der Waals surface area contributed by atoms with Gasteiger partial charge in [0, 0.05) is 6.42 Å². The van der Waals surface area contributed by atoms with E-state index >= 15 is 0 Å². The highest BCUT2D eigenvalue weighted by Gasteiger charge is 2.20. The third-order valence-corrected chi connectivity index (χ3v) is 4.86. The topological polar surface area (TPSA) is 53.1 Å². The van der Waals surface area contributed by atoms with Crippen molar-refractivity contribution in [3.8, 4) is 5.75 Å². The molecule has 0 aliphatic rings. The van der Waals surface area contributed by atoms with E-state index in [2.05, 4.69) is 4.98 Å². The third kappa shape index (κ3) is 4.03. The summed E-state index contributed by atoms with van der Waals surface area (Å²) in [5, 5.41) is 10.5. The van der Waals surface area contributed by atoms with E-state index in [9.17, 15) is 9.90 Å². The third-order valence-electron chi connectivity index (χ3n) is 3.63. The number of hydrogen-bond donors (Lipinski definition) is 2. The van der Waals surface area contributed by atoms with Gasteiger partial charge in [-0.05, 0) is 29.0 Å². The minimum absolute atomic E-state index is 0.155. The molecule has 0 amide bonds. The molecule has 1 aromatic heterocycles. The summed E-state index contributed by atoms with van der Waals surface area (Å²) >= 11 is 17.7. The van der Waals surface area contributed by atoms with Gasteiger partial charge < -0.3 is 10.1 Å². The van der Waals surface area contributed by atoms with E-state index in [1.165, 1.54) is 0 Å². The number of hydrogen-bond acceptors (Lipinski definition) is 2. The summed E-state index contributed by atoms with van der Waals surface area (Å²) in [7, 11) is 0. The highest BCUT2D eigenvalue weighted by Crippen LogP contribution is 2.34. The van der Waals surface area contributed by atoms with Crippen LogP contribution >= 0.6 is 34.8 Å². The van der Waals surface area contributed by atoms with Crippen LogP contribution < -0.4 is 0 Å². The highest BCUT2D eigenvalue weighted by molar-refractivity contribution is 6.49. The average Bonchev–Trinajstić information content (AvgIpc) is 2.72. The molecular weight excluding hydrogens is 357 g/mol. The maximum atomic E-state index is 12.3. The smallest absolute Gasteiger partial charge is 0.180 e. The number of aromatic amines is 1. The molecule has 23 heavy (non-hydrogen) atoms. The van der Waals surface area contributed by atoms with Crippen LogP contribution in [0.25, 0.3) is 0 Å². The van der Waals surface area contributed by atoms with E-state index in [1.54, 1.807) is 6.07 Å². The molecule has 2 rings (SSSR count). The fourth-order valence-electron chi connectivity index (χ4n) is 2.34. The van der Waals surface area contributed by atoms with Crippen LogP contribution in [0.15, 0.2) is 18.2 Å².